The molecule has 0 radical (unpaired) electrons. The molecule has 0 aliphatic heterocycles. The zero-order chi connectivity index (χ0) is 30.2. The molecule has 220 valence electrons. The minimum atomic E-state index is -1.24. The van der Waals surface area contributed by atoms with Crippen LogP contribution in [0.4, 0.5) is 0 Å². The van der Waals surface area contributed by atoms with Crippen molar-refractivity contribution in [1.82, 2.24) is 9.88 Å². The third-order valence-electron chi connectivity index (χ3n) is 7.95. The molecule has 5 aromatic rings. The van der Waals surface area contributed by atoms with E-state index in [0.717, 1.165) is 62.6 Å². The second-order valence-corrected chi connectivity index (χ2v) is 12.2. The normalized spacial score (nSPS) is 13.8. The number of rotatable bonds is 12. The molecular weight excluding hydrogens is 596 g/mol. The smallest absolute Gasteiger partial charge is 0.217 e. The van der Waals surface area contributed by atoms with Gasteiger partial charge in [0.15, 0.2) is 0 Å². The number of hydrogen-bond donors (Lipinski definition) is 1. The van der Waals surface area contributed by atoms with E-state index in [9.17, 15) is 5.11 Å². The van der Waals surface area contributed by atoms with E-state index in [-0.39, 0.29) is 0 Å². The van der Waals surface area contributed by atoms with Crippen LogP contribution in [0, 0.1) is 0 Å². The van der Waals surface area contributed by atoms with Gasteiger partial charge in [-0.3, -0.25) is 0 Å². The molecule has 1 aromatic heterocycles. The van der Waals surface area contributed by atoms with Gasteiger partial charge >= 0.3 is 0 Å². The van der Waals surface area contributed by atoms with Gasteiger partial charge in [0.1, 0.15) is 5.60 Å². The standard InChI is InChI=1S/C38H39BrN2O2/c1-41(2)24-11-10-23-38(42,32-18-12-15-29(25-32)20-19-28-13-6-4-7-14-28)36(30-16-8-5-9-17-30)34-27-31-26-33(39)21-22-35(31)40-37(34)43-3/h4-9,12-22,25-27,36,42H,10-11,23-24H2,1-3H3/b20-19+. The molecule has 4 nitrogen and oxygen atoms in total. The number of nitrogens with zero attached hydrogens (tertiary/aromatic N) is 2. The average molecular weight is 636 g/mol. The first kappa shape index (κ1) is 30.7. The van der Waals surface area contributed by atoms with Crippen LogP contribution in [-0.2, 0) is 5.60 Å². The number of aromatic nitrogens is 1. The van der Waals surface area contributed by atoms with E-state index < -0.39 is 11.5 Å². The van der Waals surface area contributed by atoms with E-state index >= 15 is 0 Å². The largest absolute Gasteiger partial charge is 0.481 e. The van der Waals surface area contributed by atoms with Crippen molar-refractivity contribution >= 4 is 39.0 Å². The summed E-state index contributed by atoms with van der Waals surface area (Å²) in [5, 5.41) is 14.1. The molecule has 0 spiro atoms. The second-order valence-electron chi connectivity index (χ2n) is 11.3. The molecule has 0 saturated heterocycles. The number of fused-ring (bicyclic) bond motifs is 1. The van der Waals surface area contributed by atoms with Crippen LogP contribution in [0.5, 0.6) is 5.88 Å². The molecule has 1 heterocycles. The Hall–Kier alpha value is -3.77. The molecule has 0 bridgehead atoms. The molecule has 2 unspecified atom stereocenters. The van der Waals surface area contributed by atoms with E-state index in [1.807, 2.05) is 54.6 Å². The van der Waals surface area contributed by atoms with Gasteiger partial charge in [-0.2, -0.15) is 0 Å². The molecule has 2 atom stereocenters. The third kappa shape index (κ3) is 7.42. The number of hydrogen-bond acceptors (Lipinski definition) is 4. The summed E-state index contributed by atoms with van der Waals surface area (Å²) < 4.78 is 6.91. The Labute approximate surface area is 263 Å². The highest BCUT2D eigenvalue weighted by atomic mass is 79.9. The van der Waals surface area contributed by atoms with E-state index in [0.29, 0.717) is 12.3 Å². The lowest BCUT2D eigenvalue weighted by molar-refractivity contribution is 0.00677. The van der Waals surface area contributed by atoms with Crippen molar-refractivity contribution in [2.45, 2.75) is 30.8 Å². The molecule has 0 amide bonds. The maximum atomic E-state index is 13.1. The van der Waals surface area contributed by atoms with Crippen molar-refractivity contribution in [1.29, 1.82) is 0 Å². The van der Waals surface area contributed by atoms with Gasteiger partial charge in [0.2, 0.25) is 5.88 Å². The number of unbranched alkanes of at least 4 members (excludes halogenated alkanes) is 1. The van der Waals surface area contributed by atoms with Crippen molar-refractivity contribution in [3.8, 4) is 5.88 Å². The van der Waals surface area contributed by atoms with Crippen LogP contribution < -0.4 is 4.74 Å². The van der Waals surface area contributed by atoms with Gasteiger partial charge in [-0.1, -0.05) is 107 Å². The van der Waals surface area contributed by atoms with Gasteiger partial charge in [-0.25, -0.2) is 4.98 Å². The van der Waals surface area contributed by atoms with Gasteiger partial charge in [-0.15, -0.1) is 0 Å². The first-order valence-electron chi connectivity index (χ1n) is 14.8. The minimum Gasteiger partial charge on any atom is -0.481 e. The molecule has 4 aromatic carbocycles. The van der Waals surface area contributed by atoms with E-state index in [1.165, 1.54) is 0 Å². The molecule has 0 aliphatic carbocycles. The first-order valence-corrected chi connectivity index (χ1v) is 15.6. The summed E-state index contributed by atoms with van der Waals surface area (Å²) in [4.78, 5) is 7.11. The zero-order valence-electron chi connectivity index (χ0n) is 25.1. The maximum absolute atomic E-state index is 13.1. The maximum Gasteiger partial charge on any atom is 0.217 e. The summed E-state index contributed by atoms with van der Waals surface area (Å²) in [6.45, 7) is 0.959. The van der Waals surface area contributed by atoms with Gasteiger partial charge in [0.25, 0.3) is 0 Å². The van der Waals surface area contributed by atoms with E-state index in [2.05, 4.69) is 102 Å². The van der Waals surface area contributed by atoms with Crippen molar-refractivity contribution in [2.75, 3.05) is 27.7 Å². The fourth-order valence-electron chi connectivity index (χ4n) is 5.82. The van der Waals surface area contributed by atoms with Crippen molar-refractivity contribution in [3.63, 3.8) is 0 Å². The Morgan fingerprint density at radius 3 is 2.26 bits per heavy atom. The Morgan fingerprint density at radius 1 is 0.837 bits per heavy atom. The Balaban J connectivity index is 1.68. The van der Waals surface area contributed by atoms with Crippen LogP contribution in [-0.4, -0.2) is 42.7 Å². The van der Waals surface area contributed by atoms with Crippen LogP contribution in [0.3, 0.4) is 0 Å². The van der Waals surface area contributed by atoms with E-state index in [1.54, 1.807) is 7.11 Å². The summed E-state index contributed by atoms with van der Waals surface area (Å²) >= 11 is 3.63. The van der Waals surface area contributed by atoms with Crippen LogP contribution in [0.2, 0.25) is 0 Å². The summed E-state index contributed by atoms with van der Waals surface area (Å²) in [6.07, 6.45) is 6.63. The summed E-state index contributed by atoms with van der Waals surface area (Å²) in [6, 6.07) is 37.0. The van der Waals surface area contributed by atoms with Crippen LogP contribution in [0.25, 0.3) is 23.1 Å². The van der Waals surface area contributed by atoms with E-state index in [4.69, 9.17) is 9.72 Å². The summed E-state index contributed by atoms with van der Waals surface area (Å²) in [7, 11) is 5.83. The van der Waals surface area contributed by atoms with Gasteiger partial charge in [-0.05, 0) is 92.5 Å². The minimum absolute atomic E-state index is 0.424. The van der Waals surface area contributed by atoms with Crippen LogP contribution in [0.1, 0.15) is 53.0 Å². The number of halogens is 1. The van der Waals surface area contributed by atoms with Gasteiger partial charge in [0, 0.05) is 21.3 Å². The Kier molecular flexibility index (Phi) is 10.1. The highest BCUT2D eigenvalue weighted by Gasteiger charge is 2.42. The topological polar surface area (TPSA) is 45.6 Å². The lowest BCUT2D eigenvalue weighted by Crippen LogP contribution is -2.35. The lowest BCUT2D eigenvalue weighted by atomic mass is 9.71. The highest BCUT2D eigenvalue weighted by Crippen LogP contribution is 2.48. The molecule has 5 heteroatoms. The number of pyridine rings is 1. The SMILES string of the molecule is COc1nc2ccc(Br)cc2cc1C(c1ccccc1)C(O)(CCCCN(C)C)c1cccc(/C=C/c2ccccc2)c1. The fourth-order valence-corrected chi connectivity index (χ4v) is 6.20. The highest BCUT2D eigenvalue weighted by molar-refractivity contribution is 9.10. The second kappa shape index (κ2) is 14.1. The molecule has 1 N–H and O–H groups in total. The Morgan fingerprint density at radius 2 is 1.53 bits per heavy atom. The first-order chi connectivity index (χ1) is 20.9. The van der Waals surface area contributed by atoms with Gasteiger partial charge in [0.05, 0.1) is 12.6 Å². The van der Waals surface area contributed by atoms with Crippen molar-refractivity contribution in [2.24, 2.45) is 0 Å². The molecule has 0 aliphatic rings. The lowest BCUT2D eigenvalue weighted by Gasteiger charge is -2.38. The number of benzene rings is 4. The predicted molar refractivity (Wildman–Crippen MR) is 182 cm³/mol. The zero-order valence-corrected chi connectivity index (χ0v) is 26.7. The summed E-state index contributed by atoms with van der Waals surface area (Å²) in [5.41, 5.74) is 4.52. The monoisotopic (exact) mass is 634 g/mol. The number of methoxy groups -OCH3 is 1. The summed E-state index contributed by atoms with van der Waals surface area (Å²) in [5.74, 6) is 0.0998. The molecule has 0 fully saturated rings. The van der Waals surface area contributed by atoms with Crippen molar-refractivity contribution < 1.29 is 9.84 Å². The number of ether oxygens (including phenoxy) is 1. The number of aliphatic hydroxyl groups is 1. The van der Waals surface area contributed by atoms with Crippen molar-refractivity contribution in [3.05, 3.63) is 141 Å². The molecular formula is C38H39BrN2O2. The molecule has 0 saturated carbocycles. The fraction of sp³-hybridized carbons (Fsp3) is 0.237. The molecule has 5 rings (SSSR count). The average Bonchev–Trinajstić information content (AvgIpc) is 3.03. The van der Waals surface area contributed by atoms with Crippen LogP contribution >= 0.6 is 15.9 Å². The molecule has 43 heavy (non-hydrogen) atoms. The van der Waals surface area contributed by atoms with Crippen LogP contribution in [0.15, 0.2) is 114 Å². The third-order valence-corrected chi connectivity index (χ3v) is 8.45. The Bertz CT molecular complexity index is 1670. The predicted octanol–water partition coefficient (Wildman–Crippen LogP) is 8.93. The van der Waals surface area contributed by atoms with Gasteiger partial charge < -0.3 is 14.7 Å². The quantitative estimate of drug-likeness (QED) is 0.110.